The number of aliphatic carboxylic acids is 1. The molecule has 0 aromatic rings. The number of amides is 2. The predicted molar refractivity (Wildman–Crippen MR) is 57.7 cm³/mol. The van der Waals surface area contributed by atoms with E-state index in [2.05, 4.69) is 10.6 Å². The van der Waals surface area contributed by atoms with Gasteiger partial charge in [0.2, 0.25) is 0 Å². The number of carbonyl (C=O) groups excluding carboxylic acids is 1. The molecule has 0 aliphatic heterocycles. The van der Waals surface area contributed by atoms with Crippen LogP contribution in [0.1, 0.15) is 33.6 Å². The van der Waals surface area contributed by atoms with Crippen molar-refractivity contribution in [3.8, 4) is 0 Å². The fraction of sp³-hybridized carbons (Fsp3) is 0.800. The first kappa shape index (κ1) is 13.7. The molecule has 0 unspecified atom stereocenters. The van der Waals surface area contributed by atoms with E-state index < -0.39 is 18.0 Å². The van der Waals surface area contributed by atoms with E-state index >= 15 is 0 Å². The van der Waals surface area contributed by atoms with E-state index in [4.69, 9.17) is 5.11 Å². The molecule has 0 spiro atoms. The van der Waals surface area contributed by atoms with Crippen LogP contribution in [0.5, 0.6) is 0 Å². The number of urea groups is 1. The molecule has 5 nitrogen and oxygen atoms in total. The molecule has 15 heavy (non-hydrogen) atoms. The van der Waals surface area contributed by atoms with Gasteiger partial charge < -0.3 is 15.7 Å². The average molecular weight is 216 g/mol. The van der Waals surface area contributed by atoms with Gasteiger partial charge in [-0.1, -0.05) is 27.2 Å². The summed E-state index contributed by atoms with van der Waals surface area (Å²) in [6.07, 6.45) is 1.54. The van der Waals surface area contributed by atoms with E-state index in [0.29, 0.717) is 13.0 Å². The maximum atomic E-state index is 11.3. The molecule has 0 aliphatic carbocycles. The number of carboxylic acid groups (broad SMARTS) is 1. The Labute approximate surface area is 90.2 Å². The van der Waals surface area contributed by atoms with Gasteiger partial charge in [0.1, 0.15) is 6.04 Å². The second-order valence-electron chi connectivity index (χ2n) is 3.60. The Balaban J connectivity index is 4.16. The third-order valence-corrected chi connectivity index (χ3v) is 2.30. The molecular formula is C10H20N2O3. The van der Waals surface area contributed by atoms with Crippen LogP contribution in [0.2, 0.25) is 0 Å². The number of carboxylic acids is 1. The third-order valence-electron chi connectivity index (χ3n) is 2.30. The topological polar surface area (TPSA) is 78.4 Å². The van der Waals surface area contributed by atoms with Gasteiger partial charge in [0.05, 0.1) is 0 Å². The summed E-state index contributed by atoms with van der Waals surface area (Å²) in [5.41, 5.74) is 0. The first-order valence-corrected chi connectivity index (χ1v) is 5.30. The van der Waals surface area contributed by atoms with Crippen molar-refractivity contribution in [1.82, 2.24) is 10.6 Å². The number of rotatable bonds is 6. The lowest BCUT2D eigenvalue weighted by atomic mass is 9.99. The average Bonchev–Trinajstić information content (AvgIpc) is 2.21. The van der Waals surface area contributed by atoms with Crippen molar-refractivity contribution in [2.24, 2.45) is 5.92 Å². The van der Waals surface area contributed by atoms with Gasteiger partial charge in [-0.15, -0.1) is 0 Å². The van der Waals surface area contributed by atoms with Crippen LogP contribution < -0.4 is 10.6 Å². The van der Waals surface area contributed by atoms with Crippen molar-refractivity contribution >= 4 is 12.0 Å². The highest BCUT2D eigenvalue weighted by molar-refractivity contribution is 5.82. The SMILES string of the molecule is CCCNC(=O)N[C@H](C(=O)O)[C@H](C)CC. The Morgan fingerprint density at radius 3 is 2.33 bits per heavy atom. The fourth-order valence-corrected chi connectivity index (χ4v) is 1.11. The van der Waals surface area contributed by atoms with Crippen LogP contribution in [0.15, 0.2) is 0 Å². The Bertz CT molecular complexity index is 219. The molecule has 0 heterocycles. The highest BCUT2D eigenvalue weighted by Crippen LogP contribution is 2.07. The zero-order valence-corrected chi connectivity index (χ0v) is 9.54. The van der Waals surface area contributed by atoms with E-state index in [1.54, 1.807) is 6.92 Å². The van der Waals surface area contributed by atoms with Gasteiger partial charge >= 0.3 is 12.0 Å². The Kier molecular flexibility index (Phi) is 6.49. The minimum absolute atomic E-state index is 0.0742. The summed E-state index contributed by atoms with van der Waals surface area (Å²) >= 11 is 0. The van der Waals surface area contributed by atoms with E-state index in [1.165, 1.54) is 0 Å². The summed E-state index contributed by atoms with van der Waals surface area (Å²) in [5.74, 6) is -1.06. The van der Waals surface area contributed by atoms with Crippen LogP contribution in [-0.2, 0) is 4.79 Å². The number of nitrogens with one attached hydrogen (secondary N) is 2. The normalized spacial score (nSPS) is 14.1. The van der Waals surface area contributed by atoms with Gasteiger partial charge in [0.25, 0.3) is 0 Å². The molecule has 0 saturated heterocycles. The summed E-state index contributed by atoms with van der Waals surface area (Å²) in [7, 11) is 0. The van der Waals surface area contributed by atoms with Gasteiger partial charge in [-0.25, -0.2) is 9.59 Å². The largest absolute Gasteiger partial charge is 0.480 e. The van der Waals surface area contributed by atoms with Crippen molar-refractivity contribution in [1.29, 1.82) is 0 Å². The van der Waals surface area contributed by atoms with Gasteiger partial charge in [0, 0.05) is 6.54 Å². The lowest BCUT2D eigenvalue weighted by Crippen LogP contribution is -2.49. The molecule has 5 heteroatoms. The Hall–Kier alpha value is -1.26. The Morgan fingerprint density at radius 2 is 1.93 bits per heavy atom. The van der Waals surface area contributed by atoms with E-state index in [-0.39, 0.29) is 5.92 Å². The molecule has 0 aliphatic rings. The van der Waals surface area contributed by atoms with Crippen LogP contribution in [-0.4, -0.2) is 29.7 Å². The molecular weight excluding hydrogens is 196 g/mol. The standard InChI is InChI=1S/C10H20N2O3/c1-4-6-11-10(15)12-8(9(13)14)7(3)5-2/h7-8H,4-6H2,1-3H3,(H,13,14)(H2,11,12,15)/t7-,8+/m1/s1. The molecule has 88 valence electrons. The van der Waals surface area contributed by atoms with Crippen LogP contribution in [0.25, 0.3) is 0 Å². The molecule has 3 N–H and O–H groups in total. The van der Waals surface area contributed by atoms with E-state index in [0.717, 1.165) is 6.42 Å². The van der Waals surface area contributed by atoms with E-state index in [9.17, 15) is 9.59 Å². The molecule has 0 rings (SSSR count). The monoisotopic (exact) mass is 216 g/mol. The number of carbonyl (C=O) groups is 2. The summed E-state index contributed by atoms with van der Waals surface area (Å²) < 4.78 is 0. The van der Waals surface area contributed by atoms with Gasteiger partial charge in [-0.2, -0.15) is 0 Å². The summed E-state index contributed by atoms with van der Waals surface area (Å²) in [6.45, 7) is 6.19. The number of hydrogen-bond donors (Lipinski definition) is 3. The molecule has 2 atom stereocenters. The quantitative estimate of drug-likeness (QED) is 0.624. The van der Waals surface area contributed by atoms with Crippen molar-refractivity contribution in [3.63, 3.8) is 0 Å². The van der Waals surface area contributed by atoms with Gasteiger partial charge in [-0.3, -0.25) is 0 Å². The highest BCUT2D eigenvalue weighted by atomic mass is 16.4. The molecule has 0 bridgehead atoms. The third kappa shape index (κ3) is 5.24. The minimum atomic E-state index is -0.990. The summed E-state index contributed by atoms with van der Waals surface area (Å²) in [6, 6.07) is -1.23. The van der Waals surface area contributed by atoms with Gasteiger partial charge in [0.15, 0.2) is 0 Å². The molecule has 2 amide bonds. The minimum Gasteiger partial charge on any atom is -0.480 e. The second kappa shape index (κ2) is 7.09. The summed E-state index contributed by atoms with van der Waals surface area (Å²) in [4.78, 5) is 22.1. The zero-order chi connectivity index (χ0) is 11.8. The first-order chi connectivity index (χ1) is 7.02. The van der Waals surface area contributed by atoms with Crippen LogP contribution in [0.4, 0.5) is 4.79 Å². The second-order valence-corrected chi connectivity index (χ2v) is 3.60. The van der Waals surface area contributed by atoms with Crippen LogP contribution in [0, 0.1) is 5.92 Å². The maximum Gasteiger partial charge on any atom is 0.326 e. The predicted octanol–water partition coefficient (Wildman–Crippen LogP) is 1.19. The molecule has 0 radical (unpaired) electrons. The smallest absolute Gasteiger partial charge is 0.326 e. The molecule has 0 fully saturated rings. The van der Waals surface area contributed by atoms with Crippen molar-refractivity contribution in [2.45, 2.75) is 39.7 Å². The van der Waals surface area contributed by atoms with Crippen molar-refractivity contribution in [2.75, 3.05) is 6.54 Å². The fourth-order valence-electron chi connectivity index (χ4n) is 1.11. The first-order valence-electron chi connectivity index (χ1n) is 5.30. The lowest BCUT2D eigenvalue weighted by Gasteiger charge is -2.20. The summed E-state index contributed by atoms with van der Waals surface area (Å²) in [5, 5.41) is 13.9. The van der Waals surface area contributed by atoms with Crippen molar-refractivity contribution < 1.29 is 14.7 Å². The number of hydrogen-bond acceptors (Lipinski definition) is 2. The Morgan fingerprint density at radius 1 is 1.33 bits per heavy atom. The van der Waals surface area contributed by atoms with Crippen LogP contribution >= 0.6 is 0 Å². The maximum absolute atomic E-state index is 11.3. The van der Waals surface area contributed by atoms with Gasteiger partial charge in [-0.05, 0) is 12.3 Å². The van der Waals surface area contributed by atoms with Crippen LogP contribution in [0.3, 0.4) is 0 Å². The molecule has 0 aromatic carbocycles. The molecule has 0 aromatic heterocycles. The lowest BCUT2D eigenvalue weighted by molar-refractivity contribution is -0.140. The molecule has 0 saturated carbocycles. The highest BCUT2D eigenvalue weighted by Gasteiger charge is 2.24. The van der Waals surface area contributed by atoms with Crippen molar-refractivity contribution in [3.05, 3.63) is 0 Å². The van der Waals surface area contributed by atoms with E-state index in [1.807, 2.05) is 13.8 Å². The zero-order valence-electron chi connectivity index (χ0n) is 9.54.